The lowest BCUT2D eigenvalue weighted by molar-refractivity contribution is 0.0620. The Labute approximate surface area is 185 Å². The van der Waals surface area contributed by atoms with Gasteiger partial charge in [0, 0.05) is 17.5 Å². The lowest BCUT2D eigenvalue weighted by Crippen LogP contribution is -2.36. The zero-order valence-corrected chi connectivity index (χ0v) is 18.2. The van der Waals surface area contributed by atoms with Crippen LogP contribution < -0.4 is 4.74 Å². The Hall–Kier alpha value is -3.41. The van der Waals surface area contributed by atoms with E-state index in [0.717, 1.165) is 35.5 Å². The molecule has 0 saturated carbocycles. The zero-order chi connectivity index (χ0) is 23.0. The molecule has 0 N–H and O–H groups in total. The number of aromatic nitrogens is 1. The molecule has 0 unspecified atom stereocenters. The topological polar surface area (TPSA) is 56.3 Å². The minimum absolute atomic E-state index is 0.0639. The van der Waals surface area contributed by atoms with Crippen molar-refractivity contribution in [2.45, 2.75) is 45.6 Å². The highest BCUT2D eigenvalue weighted by Crippen LogP contribution is 2.38. The van der Waals surface area contributed by atoms with Crippen LogP contribution in [0, 0.1) is 11.6 Å². The fourth-order valence-electron chi connectivity index (χ4n) is 4.01. The number of halogens is 2. The molecule has 6 heteroatoms. The number of hydrogen-bond acceptors (Lipinski definition) is 4. The number of pyridine rings is 1. The summed E-state index contributed by atoms with van der Waals surface area (Å²) in [4.78, 5) is 28.6. The third kappa shape index (κ3) is 4.17. The Morgan fingerprint density at radius 2 is 1.72 bits per heavy atom. The summed E-state index contributed by atoms with van der Waals surface area (Å²) in [6, 6.07) is 10.6. The summed E-state index contributed by atoms with van der Waals surface area (Å²) in [7, 11) is 0. The Kier molecular flexibility index (Phi) is 5.63. The first kappa shape index (κ1) is 21.8. The molecule has 32 heavy (non-hydrogen) atoms. The van der Waals surface area contributed by atoms with Gasteiger partial charge in [-0.1, -0.05) is 31.2 Å². The van der Waals surface area contributed by atoms with Crippen LogP contribution in [0.3, 0.4) is 0 Å². The number of aryl methyl sites for hydroxylation is 1. The zero-order valence-electron chi connectivity index (χ0n) is 18.2. The number of carbonyl (C=O) groups excluding carboxylic acids is 2. The molecule has 0 amide bonds. The van der Waals surface area contributed by atoms with E-state index in [4.69, 9.17) is 4.74 Å². The van der Waals surface area contributed by atoms with Gasteiger partial charge in [0.05, 0.1) is 24.4 Å². The SMILES string of the molecule is CCc1cc2c(cc1-c1ccc(C(=O)Cc3c(F)cncc3F)cc1)OC(C)(C)CC2=O. The molecule has 0 saturated heterocycles. The van der Waals surface area contributed by atoms with Gasteiger partial charge in [-0.3, -0.25) is 14.6 Å². The van der Waals surface area contributed by atoms with E-state index < -0.39 is 23.0 Å². The third-order valence-corrected chi connectivity index (χ3v) is 5.67. The van der Waals surface area contributed by atoms with Gasteiger partial charge in [-0.2, -0.15) is 0 Å². The van der Waals surface area contributed by atoms with Crippen LogP contribution in [-0.2, 0) is 12.8 Å². The summed E-state index contributed by atoms with van der Waals surface area (Å²) >= 11 is 0. The average molecular weight is 435 g/mol. The van der Waals surface area contributed by atoms with Gasteiger partial charge in [-0.15, -0.1) is 0 Å². The van der Waals surface area contributed by atoms with E-state index in [1.807, 2.05) is 32.9 Å². The highest BCUT2D eigenvalue weighted by atomic mass is 19.1. The monoisotopic (exact) mass is 435 g/mol. The Morgan fingerprint density at radius 1 is 1.06 bits per heavy atom. The molecule has 0 radical (unpaired) electrons. The molecule has 0 fully saturated rings. The summed E-state index contributed by atoms with van der Waals surface area (Å²) in [6.07, 6.45) is 2.46. The third-order valence-electron chi connectivity index (χ3n) is 5.67. The molecule has 2 aromatic carbocycles. The number of Topliss-reactive ketones (excluding diaryl/α,β-unsaturated/α-hetero) is 2. The summed E-state index contributed by atoms with van der Waals surface area (Å²) in [5.41, 5.74) is 2.87. The standard InChI is InChI=1S/C26H23F2NO3/c1-4-15-9-20-24(31)12-26(2,3)32-25(20)11-18(15)16-5-7-17(8-6-16)23(30)10-19-21(27)13-29-14-22(19)28/h5-9,11,13-14H,4,10,12H2,1-3H3. The summed E-state index contributed by atoms with van der Waals surface area (Å²) < 4.78 is 33.7. The number of hydrogen-bond donors (Lipinski definition) is 0. The number of ketones is 2. The second kappa shape index (κ2) is 8.26. The van der Waals surface area contributed by atoms with Gasteiger partial charge in [0.1, 0.15) is 23.0 Å². The van der Waals surface area contributed by atoms with Gasteiger partial charge in [0.25, 0.3) is 0 Å². The molecular weight excluding hydrogens is 412 g/mol. The first-order valence-electron chi connectivity index (χ1n) is 10.5. The highest BCUT2D eigenvalue weighted by Gasteiger charge is 2.33. The second-order valence-corrected chi connectivity index (χ2v) is 8.58. The molecule has 1 aromatic heterocycles. The first-order valence-corrected chi connectivity index (χ1v) is 10.5. The fraction of sp³-hybridized carbons (Fsp3) is 0.269. The van der Waals surface area contributed by atoms with Crippen LogP contribution in [0.4, 0.5) is 8.78 Å². The molecule has 164 valence electrons. The Bertz CT molecular complexity index is 1200. The minimum atomic E-state index is -0.839. The summed E-state index contributed by atoms with van der Waals surface area (Å²) in [5, 5.41) is 0. The molecule has 4 rings (SSSR count). The molecule has 1 aliphatic heterocycles. The molecule has 4 nitrogen and oxygen atoms in total. The van der Waals surface area contributed by atoms with Crippen LogP contribution in [0.25, 0.3) is 11.1 Å². The van der Waals surface area contributed by atoms with Crippen molar-refractivity contribution in [3.8, 4) is 16.9 Å². The number of benzene rings is 2. The van der Waals surface area contributed by atoms with Gasteiger partial charge >= 0.3 is 0 Å². The molecule has 0 bridgehead atoms. The predicted octanol–water partition coefficient (Wildman–Crippen LogP) is 5.76. The van der Waals surface area contributed by atoms with E-state index in [-0.39, 0.29) is 17.8 Å². The normalized spacial score (nSPS) is 14.6. The van der Waals surface area contributed by atoms with Gasteiger partial charge in [0.2, 0.25) is 0 Å². The number of nitrogens with zero attached hydrogens (tertiary/aromatic N) is 1. The second-order valence-electron chi connectivity index (χ2n) is 8.58. The molecule has 1 aliphatic rings. The smallest absolute Gasteiger partial charge is 0.170 e. The van der Waals surface area contributed by atoms with E-state index in [2.05, 4.69) is 4.98 Å². The van der Waals surface area contributed by atoms with E-state index in [1.165, 1.54) is 0 Å². The molecular formula is C26H23F2NO3. The van der Waals surface area contributed by atoms with Crippen LogP contribution in [0.15, 0.2) is 48.8 Å². The number of ether oxygens (including phenoxy) is 1. The first-order chi connectivity index (χ1) is 15.2. The van der Waals surface area contributed by atoms with Crippen molar-refractivity contribution in [1.82, 2.24) is 4.98 Å². The van der Waals surface area contributed by atoms with Crippen LogP contribution in [-0.4, -0.2) is 22.2 Å². The van der Waals surface area contributed by atoms with Crippen molar-refractivity contribution >= 4 is 11.6 Å². The van der Waals surface area contributed by atoms with Crippen molar-refractivity contribution in [3.05, 3.63) is 82.7 Å². The van der Waals surface area contributed by atoms with Crippen molar-refractivity contribution < 1.29 is 23.1 Å². The maximum absolute atomic E-state index is 13.8. The van der Waals surface area contributed by atoms with Crippen LogP contribution in [0.5, 0.6) is 5.75 Å². The summed E-state index contributed by atoms with van der Waals surface area (Å²) in [5.74, 6) is -1.45. The van der Waals surface area contributed by atoms with E-state index >= 15 is 0 Å². The molecule has 0 spiro atoms. The van der Waals surface area contributed by atoms with Gasteiger partial charge in [0.15, 0.2) is 11.6 Å². The van der Waals surface area contributed by atoms with Gasteiger partial charge in [-0.25, -0.2) is 8.78 Å². The van der Waals surface area contributed by atoms with E-state index in [1.54, 1.807) is 24.3 Å². The fourth-order valence-corrected chi connectivity index (χ4v) is 4.01. The Morgan fingerprint density at radius 3 is 2.34 bits per heavy atom. The lowest BCUT2D eigenvalue weighted by Gasteiger charge is -2.32. The van der Waals surface area contributed by atoms with E-state index in [9.17, 15) is 18.4 Å². The molecule has 2 heterocycles. The number of carbonyl (C=O) groups is 2. The van der Waals surface area contributed by atoms with Crippen LogP contribution in [0.2, 0.25) is 0 Å². The lowest BCUT2D eigenvalue weighted by atomic mass is 9.88. The van der Waals surface area contributed by atoms with Crippen molar-refractivity contribution in [1.29, 1.82) is 0 Å². The van der Waals surface area contributed by atoms with Crippen molar-refractivity contribution in [2.75, 3.05) is 0 Å². The molecule has 0 aliphatic carbocycles. The maximum Gasteiger partial charge on any atom is 0.170 e. The highest BCUT2D eigenvalue weighted by molar-refractivity contribution is 6.01. The molecule has 3 aromatic rings. The quantitative estimate of drug-likeness (QED) is 0.478. The Balaban J connectivity index is 1.64. The van der Waals surface area contributed by atoms with Gasteiger partial charge < -0.3 is 4.74 Å². The molecule has 0 atom stereocenters. The average Bonchev–Trinajstić information content (AvgIpc) is 2.75. The number of fused-ring (bicyclic) bond motifs is 1. The van der Waals surface area contributed by atoms with Crippen molar-refractivity contribution in [2.24, 2.45) is 0 Å². The largest absolute Gasteiger partial charge is 0.487 e. The van der Waals surface area contributed by atoms with E-state index in [0.29, 0.717) is 23.3 Å². The number of rotatable bonds is 5. The maximum atomic E-state index is 13.8. The van der Waals surface area contributed by atoms with Crippen LogP contribution >= 0.6 is 0 Å². The van der Waals surface area contributed by atoms with Crippen LogP contribution in [0.1, 0.15) is 59.0 Å². The summed E-state index contributed by atoms with van der Waals surface area (Å²) in [6.45, 7) is 5.78. The predicted molar refractivity (Wildman–Crippen MR) is 117 cm³/mol. The van der Waals surface area contributed by atoms with Gasteiger partial charge in [-0.05, 0) is 49.1 Å². The minimum Gasteiger partial charge on any atom is -0.487 e. The van der Waals surface area contributed by atoms with Crippen molar-refractivity contribution in [3.63, 3.8) is 0 Å².